The lowest BCUT2D eigenvalue weighted by Crippen LogP contribution is -2.16. The van der Waals surface area contributed by atoms with Crippen molar-refractivity contribution in [1.82, 2.24) is 14.9 Å². The average Bonchev–Trinajstić information content (AvgIpc) is 2.36. The van der Waals surface area contributed by atoms with E-state index in [1.165, 1.54) is 0 Å². The van der Waals surface area contributed by atoms with E-state index in [4.69, 9.17) is 23.2 Å². The van der Waals surface area contributed by atoms with E-state index in [9.17, 15) is 0 Å². The van der Waals surface area contributed by atoms with Crippen LogP contribution in [0.5, 0.6) is 0 Å². The number of nitrogens with one attached hydrogen (secondary N) is 1. The Balaban J connectivity index is 2.07. The molecule has 0 saturated carbocycles. The van der Waals surface area contributed by atoms with Gasteiger partial charge in [0.1, 0.15) is 5.82 Å². The van der Waals surface area contributed by atoms with E-state index in [1.54, 1.807) is 18.3 Å². The largest absolute Gasteiger partial charge is 0.369 e. The van der Waals surface area contributed by atoms with Crippen molar-refractivity contribution >= 4 is 40.1 Å². The van der Waals surface area contributed by atoms with Crippen molar-refractivity contribution in [2.45, 2.75) is 6.42 Å². The van der Waals surface area contributed by atoms with E-state index in [0.29, 0.717) is 10.0 Å². The maximum absolute atomic E-state index is 5.98. The van der Waals surface area contributed by atoms with Crippen LogP contribution in [0.3, 0.4) is 0 Å². The molecule has 2 rings (SSSR count). The summed E-state index contributed by atoms with van der Waals surface area (Å²) in [6.45, 7) is 1.90. The predicted octanol–water partition coefficient (Wildman–Crippen LogP) is 3.30. The van der Waals surface area contributed by atoms with Gasteiger partial charge in [0.25, 0.3) is 0 Å². The number of hydrogen-bond donors (Lipinski definition) is 1. The molecule has 0 aliphatic heterocycles. The maximum atomic E-state index is 5.98. The molecule has 0 radical (unpaired) electrons. The molecule has 102 valence electrons. The maximum Gasteiger partial charge on any atom is 0.145 e. The Labute approximate surface area is 122 Å². The third kappa shape index (κ3) is 3.93. The minimum absolute atomic E-state index is 0.494. The van der Waals surface area contributed by atoms with Gasteiger partial charge in [0.05, 0.1) is 27.3 Å². The molecule has 1 N–H and O–H groups in total. The topological polar surface area (TPSA) is 41.0 Å². The number of fused-ring (bicyclic) bond motifs is 1. The van der Waals surface area contributed by atoms with E-state index in [1.807, 2.05) is 0 Å². The molecule has 4 nitrogen and oxygen atoms in total. The lowest BCUT2D eigenvalue weighted by atomic mass is 10.3. The number of benzene rings is 1. The van der Waals surface area contributed by atoms with Crippen molar-refractivity contribution < 1.29 is 0 Å². The molecule has 0 aliphatic carbocycles. The summed E-state index contributed by atoms with van der Waals surface area (Å²) >= 11 is 11.9. The number of halogens is 2. The third-order valence-corrected chi connectivity index (χ3v) is 3.39. The van der Waals surface area contributed by atoms with Gasteiger partial charge in [-0.2, -0.15) is 0 Å². The Bertz CT molecular complexity index is 572. The quantitative estimate of drug-likeness (QED) is 0.860. The Morgan fingerprint density at radius 2 is 1.84 bits per heavy atom. The zero-order chi connectivity index (χ0) is 13.8. The van der Waals surface area contributed by atoms with Crippen molar-refractivity contribution in [3.63, 3.8) is 0 Å². The molecule has 2 aromatic rings. The fraction of sp³-hybridized carbons (Fsp3) is 0.385. The van der Waals surface area contributed by atoms with Gasteiger partial charge < -0.3 is 10.2 Å². The molecule has 0 aliphatic rings. The predicted molar refractivity (Wildman–Crippen MR) is 81.2 cm³/mol. The molecule has 1 aromatic carbocycles. The fourth-order valence-electron chi connectivity index (χ4n) is 1.71. The average molecular weight is 299 g/mol. The van der Waals surface area contributed by atoms with Crippen LogP contribution in [0.1, 0.15) is 6.42 Å². The molecule has 0 saturated heterocycles. The lowest BCUT2D eigenvalue weighted by Gasteiger charge is -2.10. The van der Waals surface area contributed by atoms with Crippen LogP contribution in [0, 0.1) is 0 Å². The second kappa shape index (κ2) is 6.37. The highest BCUT2D eigenvalue weighted by Gasteiger charge is 2.04. The Kier molecular flexibility index (Phi) is 4.80. The highest BCUT2D eigenvalue weighted by atomic mass is 35.5. The summed E-state index contributed by atoms with van der Waals surface area (Å²) in [7, 11) is 4.11. The van der Waals surface area contributed by atoms with Crippen molar-refractivity contribution in [1.29, 1.82) is 0 Å². The van der Waals surface area contributed by atoms with Crippen molar-refractivity contribution in [2.24, 2.45) is 0 Å². The smallest absolute Gasteiger partial charge is 0.145 e. The SMILES string of the molecule is CN(C)CCCNc1cnc2cc(Cl)c(Cl)cc2n1. The van der Waals surface area contributed by atoms with Gasteiger partial charge in [0, 0.05) is 6.54 Å². The fourth-order valence-corrected chi connectivity index (χ4v) is 2.02. The van der Waals surface area contributed by atoms with Crippen molar-refractivity contribution in [3.05, 3.63) is 28.4 Å². The molecule has 0 amide bonds. The second-order valence-corrected chi connectivity index (χ2v) is 5.41. The number of hydrogen-bond acceptors (Lipinski definition) is 4. The minimum Gasteiger partial charge on any atom is -0.369 e. The molecule has 0 bridgehead atoms. The van der Waals surface area contributed by atoms with Crippen LogP contribution in [-0.4, -0.2) is 42.1 Å². The summed E-state index contributed by atoms with van der Waals surface area (Å²) in [4.78, 5) is 10.9. The third-order valence-electron chi connectivity index (χ3n) is 2.67. The molecule has 0 spiro atoms. The summed E-state index contributed by atoms with van der Waals surface area (Å²) in [6.07, 6.45) is 2.76. The molecule has 1 heterocycles. The van der Waals surface area contributed by atoms with Crippen LogP contribution in [0.4, 0.5) is 5.82 Å². The van der Waals surface area contributed by atoms with Crippen LogP contribution in [0.25, 0.3) is 11.0 Å². The Morgan fingerprint density at radius 3 is 2.53 bits per heavy atom. The summed E-state index contributed by atoms with van der Waals surface area (Å²) in [5.74, 6) is 0.754. The molecular weight excluding hydrogens is 283 g/mol. The van der Waals surface area contributed by atoms with Crippen LogP contribution >= 0.6 is 23.2 Å². The first-order chi connectivity index (χ1) is 9.06. The Hall–Kier alpha value is -1.10. The monoisotopic (exact) mass is 298 g/mol. The summed E-state index contributed by atoms with van der Waals surface area (Å²) in [6, 6.07) is 3.46. The number of aromatic nitrogens is 2. The van der Waals surface area contributed by atoms with E-state index in [2.05, 4.69) is 34.3 Å². The molecular formula is C13H16Cl2N4. The van der Waals surface area contributed by atoms with Gasteiger partial charge >= 0.3 is 0 Å². The minimum atomic E-state index is 0.494. The van der Waals surface area contributed by atoms with Crippen LogP contribution in [-0.2, 0) is 0 Å². The van der Waals surface area contributed by atoms with Gasteiger partial charge in [-0.05, 0) is 39.2 Å². The standard InChI is InChI=1S/C13H16Cl2N4/c1-19(2)5-3-4-16-13-8-17-11-6-9(14)10(15)7-12(11)18-13/h6-8H,3-5H2,1-2H3,(H,16,18). The van der Waals surface area contributed by atoms with Gasteiger partial charge in [-0.25, -0.2) is 4.98 Å². The molecule has 6 heteroatoms. The van der Waals surface area contributed by atoms with Gasteiger partial charge in [0.15, 0.2) is 0 Å². The lowest BCUT2D eigenvalue weighted by molar-refractivity contribution is 0.405. The zero-order valence-electron chi connectivity index (χ0n) is 11.0. The first-order valence-corrected chi connectivity index (χ1v) is 6.82. The second-order valence-electron chi connectivity index (χ2n) is 4.59. The van der Waals surface area contributed by atoms with Crippen LogP contribution < -0.4 is 5.32 Å². The van der Waals surface area contributed by atoms with Gasteiger partial charge in [-0.1, -0.05) is 23.2 Å². The van der Waals surface area contributed by atoms with Gasteiger partial charge in [-0.15, -0.1) is 0 Å². The highest BCUT2D eigenvalue weighted by molar-refractivity contribution is 6.42. The highest BCUT2D eigenvalue weighted by Crippen LogP contribution is 2.26. The zero-order valence-corrected chi connectivity index (χ0v) is 12.5. The number of nitrogens with zero attached hydrogens (tertiary/aromatic N) is 3. The number of anilines is 1. The Morgan fingerprint density at radius 1 is 1.16 bits per heavy atom. The molecule has 19 heavy (non-hydrogen) atoms. The van der Waals surface area contributed by atoms with Crippen LogP contribution in [0.2, 0.25) is 10.0 Å². The van der Waals surface area contributed by atoms with Crippen LogP contribution in [0.15, 0.2) is 18.3 Å². The summed E-state index contributed by atoms with van der Waals surface area (Å²) < 4.78 is 0. The summed E-state index contributed by atoms with van der Waals surface area (Å²) in [5, 5.41) is 4.24. The molecule has 1 aromatic heterocycles. The van der Waals surface area contributed by atoms with E-state index in [-0.39, 0.29) is 0 Å². The van der Waals surface area contributed by atoms with E-state index < -0.39 is 0 Å². The summed E-state index contributed by atoms with van der Waals surface area (Å²) in [5.41, 5.74) is 1.49. The first kappa shape index (κ1) is 14.3. The molecule has 0 atom stereocenters. The normalized spacial score (nSPS) is 11.2. The first-order valence-electron chi connectivity index (χ1n) is 6.06. The van der Waals surface area contributed by atoms with Crippen molar-refractivity contribution in [3.8, 4) is 0 Å². The van der Waals surface area contributed by atoms with Gasteiger partial charge in [-0.3, -0.25) is 4.98 Å². The molecule has 0 unspecified atom stereocenters. The van der Waals surface area contributed by atoms with E-state index >= 15 is 0 Å². The molecule has 0 fully saturated rings. The number of rotatable bonds is 5. The van der Waals surface area contributed by atoms with Gasteiger partial charge in [0.2, 0.25) is 0 Å². The van der Waals surface area contributed by atoms with Crippen molar-refractivity contribution in [2.75, 3.05) is 32.5 Å². The van der Waals surface area contributed by atoms with E-state index in [0.717, 1.165) is 36.4 Å².